The first-order chi connectivity index (χ1) is 15.9. The predicted molar refractivity (Wildman–Crippen MR) is 119 cm³/mol. The third-order valence-corrected chi connectivity index (χ3v) is 6.68. The molecular formula is C22H33N7O4. The fourth-order valence-corrected chi connectivity index (χ4v) is 5.18. The van der Waals surface area contributed by atoms with Gasteiger partial charge in [-0.05, 0) is 56.6 Å². The van der Waals surface area contributed by atoms with Crippen LogP contribution in [0.15, 0.2) is 18.3 Å². The van der Waals surface area contributed by atoms with Gasteiger partial charge in [0.15, 0.2) is 5.82 Å². The van der Waals surface area contributed by atoms with E-state index in [0.717, 1.165) is 38.5 Å². The first-order valence-electron chi connectivity index (χ1n) is 11.5. The minimum atomic E-state index is -0.498. The number of aromatic amines is 2. The van der Waals surface area contributed by atoms with Crippen LogP contribution >= 0.6 is 0 Å². The third kappa shape index (κ3) is 5.40. The molecule has 2 saturated heterocycles. The Labute approximate surface area is 192 Å². The van der Waals surface area contributed by atoms with E-state index in [1.165, 1.54) is 0 Å². The highest BCUT2D eigenvalue weighted by Crippen LogP contribution is 2.53. The van der Waals surface area contributed by atoms with Gasteiger partial charge in [0.2, 0.25) is 5.91 Å². The number of amides is 2. The zero-order valence-electron chi connectivity index (χ0n) is 19.2. The number of rotatable bonds is 9. The van der Waals surface area contributed by atoms with Crippen molar-refractivity contribution in [2.24, 2.45) is 11.3 Å². The summed E-state index contributed by atoms with van der Waals surface area (Å²) in [6.07, 6.45) is 7.61. The number of carbonyl (C=O) groups is 3. The van der Waals surface area contributed by atoms with Gasteiger partial charge in [-0.15, -0.1) is 10.2 Å². The number of H-pyrrole nitrogens is 2. The van der Waals surface area contributed by atoms with Crippen LogP contribution in [0.5, 0.6) is 0 Å². The number of tetrazole rings is 1. The molecule has 0 radical (unpaired) electrons. The van der Waals surface area contributed by atoms with Crippen LogP contribution in [0.3, 0.4) is 0 Å². The summed E-state index contributed by atoms with van der Waals surface area (Å²) in [4.78, 5) is 40.0. The number of hydrogen-bond donors (Lipinski definition) is 4. The van der Waals surface area contributed by atoms with E-state index < -0.39 is 5.41 Å². The molecule has 0 unspecified atom stereocenters. The number of aryl methyl sites for hydroxylation is 1. The lowest BCUT2D eigenvalue weighted by molar-refractivity contribution is -0.133. The first-order valence-corrected chi connectivity index (χ1v) is 11.5. The number of aromatic nitrogens is 5. The lowest BCUT2D eigenvalue weighted by Gasteiger charge is -2.36. The zero-order chi connectivity index (χ0) is 23.8. The second-order valence-corrected chi connectivity index (χ2v) is 9.13. The smallest absolute Gasteiger partial charge is 0.290 e. The molecule has 4 rings (SSSR count). The minimum Gasteiger partial charge on any atom is -0.483 e. The summed E-state index contributed by atoms with van der Waals surface area (Å²) < 4.78 is 0. The van der Waals surface area contributed by atoms with Crippen LogP contribution in [-0.2, 0) is 16.0 Å². The van der Waals surface area contributed by atoms with E-state index in [9.17, 15) is 9.59 Å². The molecule has 0 spiro atoms. The van der Waals surface area contributed by atoms with E-state index in [4.69, 9.17) is 9.90 Å². The van der Waals surface area contributed by atoms with Gasteiger partial charge in [0.05, 0.1) is 5.41 Å². The Hall–Kier alpha value is -3.24. The summed E-state index contributed by atoms with van der Waals surface area (Å²) in [5.74, 6) is 1.28. The van der Waals surface area contributed by atoms with Crippen molar-refractivity contribution in [3.8, 4) is 0 Å². The Bertz CT molecular complexity index is 900. The molecule has 11 nitrogen and oxygen atoms in total. The molecule has 3 atom stereocenters. The minimum absolute atomic E-state index is 0.0174. The van der Waals surface area contributed by atoms with E-state index in [1.54, 1.807) is 6.20 Å². The Morgan fingerprint density at radius 1 is 1.39 bits per heavy atom. The summed E-state index contributed by atoms with van der Waals surface area (Å²) in [6, 6.07) is 3.76. The number of nitrogens with zero attached hydrogens (tertiary/aromatic N) is 4. The highest BCUT2D eigenvalue weighted by molar-refractivity contribution is 5.95. The first kappa shape index (κ1) is 24.4. The van der Waals surface area contributed by atoms with Crippen LogP contribution in [-0.4, -0.2) is 72.5 Å². The summed E-state index contributed by atoms with van der Waals surface area (Å²) >= 11 is 0. The normalized spacial score (nSPS) is 23.3. The summed E-state index contributed by atoms with van der Waals surface area (Å²) in [6.45, 7) is 4.69. The van der Waals surface area contributed by atoms with Crippen molar-refractivity contribution in [2.75, 3.05) is 6.54 Å². The van der Waals surface area contributed by atoms with Crippen LogP contribution in [0.1, 0.15) is 68.7 Å². The van der Waals surface area contributed by atoms with E-state index in [0.29, 0.717) is 30.4 Å². The monoisotopic (exact) mass is 459 g/mol. The topological polar surface area (TPSA) is 157 Å². The number of nitrogens with one attached hydrogen (secondary N) is 3. The molecule has 0 aliphatic carbocycles. The standard InChI is InChI=1S/C21H31N7O2.CH2O2/c1-14(2)9-10-21(20(30)23-12-4-6-18-24-26-27-25-18)13-15-7-8-17(21)28(15)19(29)16-5-3-11-22-16;2-1-3/h3,5,11,14-15,17,22H,4,6-10,12-13H2,1-2H3,(H,23,30)(H,24,25,26,27);1H,(H,2,3)/t15-,17+,21+;/m1./s1. The maximum atomic E-state index is 13.5. The van der Waals surface area contributed by atoms with Crippen molar-refractivity contribution in [2.45, 2.75) is 70.9 Å². The lowest BCUT2D eigenvalue weighted by atomic mass is 9.69. The largest absolute Gasteiger partial charge is 0.483 e. The van der Waals surface area contributed by atoms with E-state index >= 15 is 0 Å². The van der Waals surface area contributed by atoms with Gasteiger partial charge in [0, 0.05) is 31.2 Å². The van der Waals surface area contributed by atoms with Crippen molar-refractivity contribution in [1.29, 1.82) is 0 Å². The molecule has 2 aromatic rings. The van der Waals surface area contributed by atoms with Gasteiger partial charge in [-0.3, -0.25) is 14.4 Å². The molecule has 0 aromatic carbocycles. The maximum absolute atomic E-state index is 13.5. The molecule has 11 heteroatoms. The van der Waals surface area contributed by atoms with Crippen LogP contribution in [0.2, 0.25) is 0 Å². The summed E-state index contributed by atoms with van der Waals surface area (Å²) in [5, 5.41) is 24.0. The SMILES string of the molecule is CC(C)CC[C@]1(C(=O)NCCCc2nn[nH]n2)C[C@H]2CC[C@@H]1N2C(=O)c1ccc[nH]1.O=CO. The third-order valence-electron chi connectivity index (χ3n) is 6.68. The Morgan fingerprint density at radius 3 is 2.82 bits per heavy atom. The van der Waals surface area contributed by atoms with E-state index in [1.807, 2.05) is 17.0 Å². The van der Waals surface area contributed by atoms with Crippen molar-refractivity contribution < 1.29 is 19.5 Å². The van der Waals surface area contributed by atoms with Crippen LogP contribution in [0.25, 0.3) is 0 Å². The van der Waals surface area contributed by atoms with E-state index in [2.05, 4.69) is 44.8 Å². The number of carboxylic acid groups (broad SMARTS) is 1. The van der Waals surface area contributed by atoms with Gasteiger partial charge in [-0.2, -0.15) is 5.21 Å². The van der Waals surface area contributed by atoms with Gasteiger partial charge in [0.25, 0.3) is 12.4 Å². The van der Waals surface area contributed by atoms with Crippen molar-refractivity contribution in [1.82, 2.24) is 35.8 Å². The van der Waals surface area contributed by atoms with Gasteiger partial charge in [-0.25, -0.2) is 0 Å². The molecule has 2 fully saturated rings. The predicted octanol–water partition coefficient (Wildman–Crippen LogP) is 1.78. The fraction of sp³-hybridized carbons (Fsp3) is 0.636. The van der Waals surface area contributed by atoms with Gasteiger partial charge < -0.3 is 20.3 Å². The molecule has 4 heterocycles. The quantitative estimate of drug-likeness (QED) is 0.329. The zero-order valence-corrected chi connectivity index (χ0v) is 19.2. The highest BCUT2D eigenvalue weighted by atomic mass is 16.3. The number of carbonyl (C=O) groups excluding carboxylic acids is 2. The molecule has 2 amide bonds. The van der Waals surface area contributed by atoms with Crippen LogP contribution in [0, 0.1) is 11.3 Å². The van der Waals surface area contributed by atoms with Crippen molar-refractivity contribution in [3.05, 3.63) is 29.8 Å². The molecule has 2 bridgehead atoms. The second-order valence-electron chi connectivity index (χ2n) is 9.13. The second kappa shape index (κ2) is 11.1. The van der Waals surface area contributed by atoms with Gasteiger partial charge in [0.1, 0.15) is 5.69 Å². The number of fused-ring (bicyclic) bond motifs is 2. The van der Waals surface area contributed by atoms with Crippen molar-refractivity contribution in [3.63, 3.8) is 0 Å². The Balaban J connectivity index is 0.000000968. The molecule has 33 heavy (non-hydrogen) atoms. The molecule has 2 aliphatic heterocycles. The molecule has 4 N–H and O–H groups in total. The van der Waals surface area contributed by atoms with Gasteiger partial charge in [-0.1, -0.05) is 19.1 Å². The molecule has 2 aromatic heterocycles. The van der Waals surface area contributed by atoms with E-state index in [-0.39, 0.29) is 30.4 Å². The average Bonchev–Trinajstić information content (AvgIpc) is 3.59. The molecule has 180 valence electrons. The number of hydrogen-bond acceptors (Lipinski definition) is 6. The summed E-state index contributed by atoms with van der Waals surface area (Å²) in [7, 11) is 0. The fourth-order valence-electron chi connectivity index (χ4n) is 5.18. The van der Waals surface area contributed by atoms with Gasteiger partial charge >= 0.3 is 0 Å². The molecule has 2 aliphatic rings. The van der Waals surface area contributed by atoms with Crippen LogP contribution in [0.4, 0.5) is 0 Å². The van der Waals surface area contributed by atoms with Crippen molar-refractivity contribution >= 4 is 18.3 Å². The highest BCUT2D eigenvalue weighted by Gasteiger charge is 2.60. The maximum Gasteiger partial charge on any atom is 0.290 e. The Morgan fingerprint density at radius 2 is 2.18 bits per heavy atom. The average molecular weight is 460 g/mol. The molecular weight excluding hydrogens is 426 g/mol. The molecule has 0 saturated carbocycles. The lowest BCUT2D eigenvalue weighted by Crippen LogP contribution is -2.50. The summed E-state index contributed by atoms with van der Waals surface area (Å²) in [5.41, 5.74) is 0.105. The van der Waals surface area contributed by atoms with Crippen LogP contribution < -0.4 is 5.32 Å². The Kier molecular flexibility index (Phi) is 8.18.